The summed E-state index contributed by atoms with van der Waals surface area (Å²) in [5, 5.41) is 7.14. The minimum atomic E-state index is -0.278. The maximum Gasteiger partial charge on any atom is 0.244 e. The van der Waals surface area contributed by atoms with Crippen LogP contribution in [-0.2, 0) is 11.8 Å². The zero-order valence-electron chi connectivity index (χ0n) is 9.97. The van der Waals surface area contributed by atoms with Gasteiger partial charge < -0.3 is 10.2 Å². The third kappa shape index (κ3) is 2.09. The molecule has 1 heterocycles. The molecule has 1 aliphatic carbocycles. The predicted octanol–water partition coefficient (Wildman–Crippen LogP) is 0.301. The Kier molecular flexibility index (Phi) is 2.96. The fourth-order valence-corrected chi connectivity index (χ4v) is 1.87. The average molecular weight is 222 g/mol. The minimum absolute atomic E-state index is 0.123. The molecule has 1 aromatic rings. The molecule has 1 atom stereocenters. The van der Waals surface area contributed by atoms with Crippen LogP contribution < -0.4 is 5.32 Å². The number of rotatable bonds is 4. The molecule has 0 aromatic carbocycles. The van der Waals surface area contributed by atoms with Crippen LogP contribution in [-0.4, -0.2) is 40.7 Å². The molecule has 0 spiro atoms. The second-order valence-electron chi connectivity index (χ2n) is 4.35. The number of aryl methyl sites for hydroxylation is 1. The SMILES string of the molecule is CNC(C(=O)N(C)C1CC1)c1cnn(C)c1. The molecule has 1 saturated carbocycles. The lowest BCUT2D eigenvalue weighted by Gasteiger charge is -2.22. The number of carbonyl (C=O) groups excluding carboxylic acids is 1. The van der Waals surface area contributed by atoms with Crippen LogP contribution in [0.3, 0.4) is 0 Å². The highest BCUT2D eigenvalue weighted by atomic mass is 16.2. The van der Waals surface area contributed by atoms with Crippen LogP contribution in [0.15, 0.2) is 12.4 Å². The molecule has 0 saturated heterocycles. The maximum atomic E-state index is 12.2. The third-order valence-electron chi connectivity index (χ3n) is 3.04. The fraction of sp³-hybridized carbons (Fsp3) is 0.636. The normalized spacial score (nSPS) is 17.2. The van der Waals surface area contributed by atoms with Crippen LogP contribution in [0.2, 0.25) is 0 Å². The molecule has 0 radical (unpaired) electrons. The van der Waals surface area contributed by atoms with Gasteiger partial charge in [0.05, 0.1) is 6.20 Å². The van der Waals surface area contributed by atoms with Crippen molar-refractivity contribution < 1.29 is 4.79 Å². The van der Waals surface area contributed by atoms with Crippen LogP contribution in [0, 0.1) is 0 Å². The van der Waals surface area contributed by atoms with Crippen molar-refractivity contribution in [2.45, 2.75) is 24.9 Å². The summed E-state index contributed by atoms with van der Waals surface area (Å²) in [6.07, 6.45) is 5.87. The number of carbonyl (C=O) groups is 1. The lowest BCUT2D eigenvalue weighted by atomic mass is 10.1. The molecule has 0 aliphatic heterocycles. The highest BCUT2D eigenvalue weighted by molar-refractivity contribution is 5.83. The molecular weight excluding hydrogens is 204 g/mol. The molecule has 2 rings (SSSR count). The molecule has 1 amide bonds. The molecule has 5 nitrogen and oxygen atoms in total. The maximum absolute atomic E-state index is 12.2. The summed E-state index contributed by atoms with van der Waals surface area (Å²) < 4.78 is 1.71. The summed E-state index contributed by atoms with van der Waals surface area (Å²) in [4.78, 5) is 14.0. The smallest absolute Gasteiger partial charge is 0.244 e. The first-order valence-corrected chi connectivity index (χ1v) is 5.56. The molecule has 88 valence electrons. The first kappa shape index (κ1) is 11.1. The van der Waals surface area contributed by atoms with E-state index >= 15 is 0 Å². The van der Waals surface area contributed by atoms with E-state index in [0.717, 1.165) is 18.4 Å². The third-order valence-corrected chi connectivity index (χ3v) is 3.04. The van der Waals surface area contributed by atoms with Gasteiger partial charge in [-0.1, -0.05) is 0 Å². The van der Waals surface area contributed by atoms with E-state index in [1.165, 1.54) is 0 Å². The number of hydrogen-bond donors (Lipinski definition) is 1. The molecule has 1 N–H and O–H groups in total. The van der Waals surface area contributed by atoms with Crippen LogP contribution in [0.1, 0.15) is 24.4 Å². The Morgan fingerprint density at radius 1 is 1.69 bits per heavy atom. The molecule has 1 aliphatic rings. The number of hydrogen-bond acceptors (Lipinski definition) is 3. The summed E-state index contributed by atoms with van der Waals surface area (Å²) >= 11 is 0. The number of nitrogens with one attached hydrogen (secondary N) is 1. The summed E-state index contributed by atoms with van der Waals surface area (Å²) in [5.74, 6) is 0.123. The quantitative estimate of drug-likeness (QED) is 0.797. The van der Waals surface area contributed by atoms with E-state index in [9.17, 15) is 4.79 Å². The largest absolute Gasteiger partial charge is 0.341 e. The molecule has 1 aromatic heterocycles. The van der Waals surface area contributed by atoms with Crippen molar-refractivity contribution in [2.75, 3.05) is 14.1 Å². The summed E-state index contributed by atoms with van der Waals surface area (Å²) in [6, 6.07) is 0.166. The minimum Gasteiger partial charge on any atom is -0.341 e. The number of likely N-dealkylation sites (N-methyl/N-ethyl adjacent to an activating group) is 2. The topological polar surface area (TPSA) is 50.2 Å². The fourth-order valence-electron chi connectivity index (χ4n) is 1.87. The van der Waals surface area contributed by atoms with E-state index in [-0.39, 0.29) is 11.9 Å². The van der Waals surface area contributed by atoms with Gasteiger partial charge in [0.15, 0.2) is 0 Å². The zero-order chi connectivity index (χ0) is 11.7. The van der Waals surface area contributed by atoms with Crippen molar-refractivity contribution >= 4 is 5.91 Å². The Bertz CT molecular complexity index is 383. The van der Waals surface area contributed by atoms with Gasteiger partial charge in [0.1, 0.15) is 6.04 Å². The van der Waals surface area contributed by atoms with Crippen LogP contribution in [0.5, 0.6) is 0 Å². The van der Waals surface area contributed by atoms with Crippen molar-refractivity contribution in [3.05, 3.63) is 18.0 Å². The van der Waals surface area contributed by atoms with Gasteiger partial charge in [0.2, 0.25) is 5.91 Å². The Hall–Kier alpha value is -1.36. The van der Waals surface area contributed by atoms with Gasteiger partial charge in [-0.2, -0.15) is 5.10 Å². The van der Waals surface area contributed by atoms with Gasteiger partial charge in [0.25, 0.3) is 0 Å². The zero-order valence-corrected chi connectivity index (χ0v) is 9.97. The molecule has 1 unspecified atom stereocenters. The first-order chi connectivity index (χ1) is 7.63. The van der Waals surface area contributed by atoms with Gasteiger partial charge in [0, 0.05) is 31.9 Å². The number of nitrogens with zero attached hydrogens (tertiary/aromatic N) is 3. The lowest BCUT2D eigenvalue weighted by Crippen LogP contribution is -2.38. The first-order valence-electron chi connectivity index (χ1n) is 5.56. The van der Waals surface area contributed by atoms with Gasteiger partial charge in [-0.05, 0) is 19.9 Å². The lowest BCUT2D eigenvalue weighted by molar-refractivity contribution is -0.132. The van der Waals surface area contributed by atoms with E-state index in [0.29, 0.717) is 6.04 Å². The second kappa shape index (κ2) is 4.25. The van der Waals surface area contributed by atoms with E-state index in [1.807, 2.05) is 25.2 Å². The van der Waals surface area contributed by atoms with E-state index in [2.05, 4.69) is 10.4 Å². The van der Waals surface area contributed by atoms with E-state index in [4.69, 9.17) is 0 Å². The van der Waals surface area contributed by atoms with Crippen molar-refractivity contribution in [1.29, 1.82) is 0 Å². The highest BCUT2D eigenvalue weighted by Gasteiger charge is 2.33. The van der Waals surface area contributed by atoms with Gasteiger partial charge in [-0.25, -0.2) is 0 Å². The van der Waals surface area contributed by atoms with Gasteiger partial charge >= 0.3 is 0 Å². The van der Waals surface area contributed by atoms with E-state index < -0.39 is 0 Å². The Balaban J connectivity index is 2.12. The highest BCUT2D eigenvalue weighted by Crippen LogP contribution is 2.27. The Labute approximate surface area is 95.4 Å². The molecule has 16 heavy (non-hydrogen) atoms. The predicted molar refractivity (Wildman–Crippen MR) is 60.8 cm³/mol. The van der Waals surface area contributed by atoms with Crippen molar-refractivity contribution in [2.24, 2.45) is 7.05 Å². The average Bonchev–Trinajstić information content (AvgIpc) is 3.03. The Morgan fingerprint density at radius 3 is 2.81 bits per heavy atom. The van der Waals surface area contributed by atoms with Gasteiger partial charge in [-0.15, -0.1) is 0 Å². The molecule has 5 heteroatoms. The second-order valence-corrected chi connectivity index (χ2v) is 4.35. The van der Waals surface area contributed by atoms with Crippen molar-refractivity contribution in [3.63, 3.8) is 0 Å². The summed E-state index contributed by atoms with van der Waals surface area (Å²) in [7, 11) is 5.53. The number of amides is 1. The van der Waals surface area contributed by atoms with Crippen molar-refractivity contribution in [3.8, 4) is 0 Å². The van der Waals surface area contributed by atoms with Crippen LogP contribution in [0.25, 0.3) is 0 Å². The van der Waals surface area contributed by atoms with E-state index in [1.54, 1.807) is 17.9 Å². The summed E-state index contributed by atoms with van der Waals surface area (Å²) in [5.41, 5.74) is 0.919. The molecule has 0 bridgehead atoms. The van der Waals surface area contributed by atoms with Crippen LogP contribution >= 0.6 is 0 Å². The molecule has 1 fully saturated rings. The van der Waals surface area contributed by atoms with Crippen LogP contribution in [0.4, 0.5) is 0 Å². The number of aromatic nitrogens is 2. The Morgan fingerprint density at radius 2 is 2.38 bits per heavy atom. The molecular formula is C11H18N4O. The van der Waals surface area contributed by atoms with Crippen molar-refractivity contribution in [1.82, 2.24) is 20.0 Å². The summed E-state index contributed by atoms with van der Waals surface area (Å²) in [6.45, 7) is 0. The van der Waals surface area contributed by atoms with Gasteiger partial charge in [-0.3, -0.25) is 9.48 Å². The standard InChI is InChI=1S/C11H18N4O/c1-12-10(8-6-13-14(2)7-8)11(16)15(3)9-4-5-9/h6-7,9-10,12H,4-5H2,1-3H3. The monoisotopic (exact) mass is 222 g/mol.